The molecule has 0 aliphatic heterocycles. The number of alkyl halides is 3. The Kier molecular flexibility index (Phi) is 5.34. The summed E-state index contributed by atoms with van der Waals surface area (Å²) >= 11 is 0. The smallest absolute Gasteiger partial charge is 0.419 e. The van der Waals surface area contributed by atoms with Crippen LogP contribution in [0.3, 0.4) is 0 Å². The number of rotatable bonds is 5. The molecule has 0 unspecified atom stereocenters. The highest BCUT2D eigenvalue weighted by atomic mass is 19.4. The van der Waals surface area contributed by atoms with Gasteiger partial charge in [0.05, 0.1) is 12.7 Å². The predicted molar refractivity (Wildman–Crippen MR) is 94.9 cm³/mol. The quantitative estimate of drug-likeness (QED) is 0.836. The molecule has 2 aromatic rings. The van der Waals surface area contributed by atoms with E-state index in [1.54, 1.807) is 6.92 Å². The highest BCUT2D eigenvalue weighted by Crippen LogP contribution is 2.39. The van der Waals surface area contributed by atoms with Crippen molar-refractivity contribution in [2.45, 2.75) is 45.2 Å². The number of halogens is 3. The molecule has 1 aromatic heterocycles. The fraction of sp³-hybridized carbons (Fsp3) is 0.444. The highest BCUT2D eigenvalue weighted by molar-refractivity contribution is 5.46. The fourth-order valence-electron chi connectivity index (χ4n) is 2.88. The van der Waals surface area contributed by atoms with Gasteiger partial charge in [0, 0.05) is 11.3 Å². The number of nitrogens with zero attached hydrogens (tertiary/aromatic N) is 2. The Hall–Kier alpha value is -2.51. The minimum absolute atomic E-state index is 0.121. The van der Waals surface area contributed by atoms with Crippen LogP contribution in [0.5, 0.6) is 5.75 Å². The van der Waals surface area contributed by atoms with Crippen LogP contribution in [0.25, 0.3) is 0 Å². The first-order chi connectivity index (χ1) is 12.0. The molecule has 2 rings (SSSR count). The van der Waals surface area contributed by atoms with Crippen LogP contribution in [0.15, 0.2) is 18.2 Å². The second-order valence-electron chi connectivity index (χ2n) is 6.83. The molecule has 0 bridgehead atoms. The molecule has 0 saturated heterocycles. The molecule has 0 aliphatic rings. The molecule has 26 heavy (non-hydrogen) atoms. The standard InChI is InChI=1S/C18H23F3N4O/c1-10-12(15(22)25-16(23)24-10)7-8-17(2,3)11-5-6-13(18(19,20)21)14(9-11)26-4/h5-6,9H,7-8H2,1-4H3,(H4,22,23,24,25). The van der Waals surface area contributed by atoms with Gasteiger partial charge in [-0.1, -0.05) is 19.9 Å². The van der Waals surface area contributed by atoms with Crippen LogP contribution < -0.4 is 16.2 Å². The minimum atomic E-state index is -4.46. The summed E-state index contributed by atoms with van der Waals surface area (Å²) in [5.74, 6) is 0.265. The lowest BCUT2D eigenvalue weighted by Gasteiger charge is -2.27. The van der Waals surface area contributed by atoms with Crippen LogP contribution in [0, 0.1) is 6.92 Å². The molecule has 0 fully saturated rings. The van der Waals surface area contributed by atoms with Gasteiger partial charge in [-0.15, -0.1) is 0 Å². The first-order valence-electron chi connectivity index (χ1n) is 8.10. The van der Waals surface area contributed by atoms with Crippen molar-refractivity contribution >= 4 is 11.8 Å². The number of nitrogens with two attached hydrogens (primary N) is 2. The van der Waals surface area contributed by atoms with E-state index in [0.29, 0.717) is 24.4 Å². The summed E-state index contributed by atoms with van der Waals surface area (Å²) in [5.41, 5.74) is 12.6. The summed E-state index contributed by atoms with van der Waals surface area (Å²) in [6.07, 6.45) is -3.24. The van der Waals surface area contributed by atoms with Crippen molar-refractivity contribution in [3.05, 3.63) is 40.6 Å². The third-order valence-electron chi connectivity index (χ3n) is 4.55. The van der Waals surface area contributed by atoms with Crippen molar-refractivity contribution in [2.75, 3.05) is 18.6 Å². The maximum atomic E-state index is 13.0. The van der Waals surface area contributed by atoms with Crippen molar-refractivity contribution < 1.29 is 17.9 Å². The predicted octanol–water partition coefficient (Wildman–Crippen LogP) is 3.89. The highest BCUT2D eigenvalue weighted by Gasteiger charge is 2.35. The van der Waals surface area contributed by atoms with E-state index < -0.39 is 17.2 Å². The number of nitrogen functional groups attached to an aromatic ring is 2. The molecule has 1 heterocycles. The number of ether oxygens (including phenoxy) is 1. The molecular weight excluding hydrogens is 345 g/mol. The lowest BCUT2D eigenvalue weighted by atomic mass is 9.79. The molecular formula is C18H23F3N4O. The van der Waals surface area contributed by atoms with Gasteiger partial charge in [0.25, 0.3) is 0 Å². The van der Waals surface area contributed by atoms with Gasteiger partial charge in [-0.2, -0.15) is 18.2 Å². The molecule has 0 amide bonds. The van der Waals surface area contributed by atoms with E-state index in [-0.39, 0.29) is 11.7 Å². The Balaban J connectivity index is 2.28. The van der Waals surface area contributed by atoms with E-state index in [1.165, 1.54) is 19.2 Å². The van der Waals surface area contributed by atoms with E-state index in [1.807, 2.05) is 13.8 Å². The zero-order valence-corrected chi connectivity index (χ0v) is 15.2. The maximum Gasteiger partial charge on any atom is 0.419 e. The van der Waals surface area contributed by atoms with Crippen molar-refractivity contribution in [3.8, 4) is 5.75 Å². The van der Waals surface area contributed by atoms with Gasteiger partial charge in [-0.05, 0) is 42.9 Å². The zero-order valence-electron chi connectivity index (χ0n) is 15.2. The van der Waals surface area contributed by atoms with E-state index >= 15 is 0 Å². The van der Waals surface area contributed by atoms with E-state index in [9.17, 15) is 13.2 Å². The Bertz CT molecular complexity index is 781. The van der Waals surface area contributed by atoms with Gasteiger partial charge in [0.1, 0.15) is 11.6 Å². The van der Waals surface area contributed by atoms with Gasteiger partial charge in [0.2, 0.25) is 5.95 Å². The molecule has 0 spiro atoms. The number of aromatic nitrogens is 2. The minimum Gasteiger partial charge on any atom is -0.496 e. The van der Waals surface area contributed by atoms with Crippen LogP contribution in [-0.4, -0.2) is 17.1 Å². The van der Waals surface area contributed by atoms with Crippen molar-refractivity contribution in [2.24, 2.45) is 0 Å². The summed E-state index contributed by atoms with van der Waals surface area (Å²) in [6, 6.07) is 3.99. The normalized spacial score (nSPS) is 12.3. The molecule has 5 nitrogen and oxygen atoms in total. The summed E-state index contributed by atoms with van der Waals surface area (Å²) in [4.78, 5) is 8.09. The van der Waals surface area contributed by atoms with Crippen molar-refractivity contribution in [3.63, 3.8) is 0 Å². The van der Waals surface area contributed by atoms with Crippen LogP contribution >= 0.6 is 0 Å². The van der Waals surface area contributed by atoms with Gasteiger partial charge in [0.15, 0.2) is 0 Å². The largest absolute Gasteiger partial charge is 0.496 e. The number of hydrogen-bond donors (Lipinski definition) is 2. The third kappa shape index (κ3) is 4.17. The van der Waals surface area contributed by atoms with Crippen LogP contribution in [-0.2, 0) is 18.0 Å². The first-order valence-corrected chi connectivity index (χ1v) is 8.10. The number of aryl methyl sites for hydroxylation is 1. The molecule has 0 aliphatic carbocycles. The number of hydrogen-bond acceptors (Lipinski definition) is 5. The van der Waals surface area contributed by atoms with Crippen molar-refractivity contribution in [1.29, 1.82) is 0 Å². The molecule has 8 heteroatoms. The van der Waals surface area contributed by atoms with E-state index in [0.717, 1.165) is 17.2 Å². The number of anilines is 2. The third-order valence-corrected chi connectivity index (χ3v) is 4.55. The summed E-state index contributed by atoms with van der Waals surface area (Å²) < 4.78 is 44.1. The molecule has 0 radical (unpaired) electrons. The molecule has 0 saturated carbocycles. The van der Waals surface area contributed by atoms with Crippen molar-refractivity contribution in [1.82, 2.24) is 9.97 Å². The monoisotopic (exact) mass is 368 g/mol. The number of methoxy groups -OCH3 is 1. The lowest BCUT2D eigenvalue weighted by Crippen LogP contribution is -2.20. The topological polar surface area (TPSA) is 87.0 Å². The Morgan fingerprint density at radius 3 is 2.31 bits per heavy atom. The molecule has 142 valence electrons. The summed E-state index contributed by atoms with van der Waals surface area (Å²) in [5, 5.41) is 0. The molecule has 0 atom stereocenters. The van der Waals surface area contributed by atoms with Gasteiger partial charge >= 0.3 is 6.18 Å². The zero-order chi connectivity index (χ0) is 19.7. The average molecular weight is 368 g/mol. The summed E-state index contributed by atoms with van der Waals surface area (Å²) in [6.45, 7) is 5.72. The van der Waals surface area contributed by atoms with Crippen LogP contribution in [0.4, 0.5) is 24.9 Å². The molecule has 4 N–H and O–H groups in total. The Morgan fingerprint density at radius 1 is 1.12 bits per heavy atom. The number of benzene rings is 1. The average Bonchev–Trinajstić information content (AvgIpc) is 2.52. The lowest BCUT2D eigenvalue weighted by molar-refractivity contribution is -0.138. The first kappa shape index (κ1) is 19.8. The summed E-state index contributed by atoms with van der Waals surface area (Å²) in [7, 11) is 1.23. The van der Waals surface area contributed by atoms with Gasteiger partial charge < -0.3 is 16.2 Å². The van der Waals surface area contributed by atoms with E-state index in [2.05, 4.69) is 9.97 Å². The molecule has 1 aromatic carbocycles. The fourth-order valence-corrected chi connectivity index (χ4v) is 2.88. The van der Waals surface area contributed by atoms with Crippen LogP contribution in [0.1, 0.15) is 42.7 Å². The van der Waals surface area contributed by atoms with E-state index in [4.69, 9.17) is 16.2 Å². The van der Waals surface area contributed by atoms with Gasteiger partial charge in [-0.3, -0.25) is 0 Å². The second-order valence-corrected chi connectivity index (χ2v) is 6.83. The Morgan fingerprint density at radius 2 is 1.77 bits per heavy atom. The van der Waals surface area contributed by atoms with Gasteiger partial charge in [-0.25, -0.2) is 4.98 Å². The second kappa shape index (κ2) is 7.01. The Labute approximate surface area is 150 Å². The SMILES string of the molecule is COc1cc(C(C)(C)CCc2c(C)nc(N)nc2N)ccc1C(F)(F)F. The van der Waals surface area contributed by atoms with Crippen LogP contribution in [0.2, 0.25) is 0 Å². The maximum absolute atomic E-state index is 13.0.